The minimum atomic E-state index is -3.81. The first kappa shape index (κ1) is 16.4. The molecule has 0 radical (unpaired) electrons. The minimum Gasteiger partial charge on any atom is -0.398 e. The molecule has 2 aromatic carbocycles. The quantitative estimate of drug-likeness (QED) is 0.720. The molecule has 2 rings (SSSR count). The Balaban J connectivity index is 2.24. The summed E-state index contributed by atoms with van der Waals surface area (Å²) in [5, 5.41) is 0. The van der Waals surface area contributed by atoms with Crippen LogP contribution in [-0.4, -0.2) is 8.42 Å². The highest BCUT2D eigenvalue weighted by Crippen LogP contribution is 2.23. The monoisotopic (exact) mass is 436 g/mol. The van der Waals surface area contributed by atoms with Gasteiger partial charge in [0.15, 0.2) is 0 Å². The number of rotatable bonds is 4. The van der Waals surface area contributed by atoms with Crippen molar-refractivity contribution < 1.29 is 12.8 Å². The Kier molecular flexibility index (Phi) is 5.03. The van der Waals surface area contributed by atoms with E-state index < -0.39 is 15.8 Å². The van der Waals surface area contributed by atoms with Crippen LogP contribution in [0.5, 0.6) is 0 Å². The zero-order valence-electron chi connectivity index (χ0n) is 10.6. The molecule has 0 heterocycles. The summed E-state index contributed by atoms with van der Waals surface area (Å²) in [6, 6.07) is 8.78. The van der Waals surface area contributed by atoms with E-state index in [1.807, 2.05) is 0 Å². The van der Waals surface area contributed by atoms with Gasteiger partial charge in [0.1, 0.15) is 10.7 Å². The van der Waals surface area contributed by atoms with E-state index >= 15 is 0 Å². The van der Waals surface area contributed by atoms with Gasteiger partial charge in [0.2, 0.25) is 10.0 Å². The molecule has 0 atom stereocenters. The predicted molar refractivity (Wildman–Crippen MR) is 86.7 cm³/mol. The normalized spacial score (nSPS) is 11.6. The molecule has 0 spiro atoms. The molecule has 0 bridgehead atoms. The maximum Gasteiger partial charge on any atom is 0.242 e. The molecule has 0 aliphatic heterocycles. The van der Waals surface area contributed by atoms with Crippen LogP contribution in [0.4, 0.5) is 10.1 Å². The van der Waals surface area contributed by atoms with Crippen molar-refractivity contribution in [2.24, 2.45) is 0 Å². The first-order valence-electron chi connectivity index (χ1n) is 5.78. The zero-order chi connectivity index (χ0) is 15.6. The van der Waals surface area contributed by atoms with Crippen LogP contribution in [0.1, 0.15) is 5.56 Å². The zero-order valence-corrected chi connectivity index (χ0v) is 14.6. The highest BCUT2D eigenvalue weighted by Gasteiger charge is 2.18. The smallest absolute Gasteiger partial charge is 0.242 e. The summed E-state index contributed by atoms with van der Waals surface area (Å²) in [6.07, 6.45) is 0. The Hall–Kier alpha value is -0.960. The number of nitrogens with one attached hydrogen (secondary N) is 1. The Morgan fingerprint density at radius 1 is 1.10 bits per heavy atom. The molecule has 0 aliphatic carbocycles. The number of nitrogen functional groups attached to an aromatic ring is 1. The van der Waals surface area contributed by atoms with E-state index in [0.29, 0.717) is 8.95 Å². The molecule has 4 nitrogen and oxygen atoms in total. The molecule has 2 aromatic rings. The van der Waals surface area contributed by atoms with Crippen molar-refractivity contribution >= 4 is 47.6 Å². The molecule has 112 valence electrons. The van der Waals surface area contributed by atoms with Crippen molar-refractivity contribution in [2.75, 3.05) is 5.73 Å². The second kappa shape index (κ2) is 6.43. The number of benzene rings is 2. The lowest BCUT2D eigenvalue weighted by molar-refractivity contribution is 0.574. The third-order valence-electron chi connectivity index (χ3n) is 2.72. The molecule has 0 saturated heterocycles. The predicted octanol–water partition coefficient (Wildman–Crippen LogP) is 3.41. The fourth-order valence-electron chi connectivity index (χ4n) is 1.69. The molecule has 3 N–H and O–H groups in total. The van der Waals surface area contributed by atoms with E-state index in [9.17, 15) is 12.8 Å². The SMILES string of the molecule is Nc1cc(Br)ccc1S(=O)(=O)NCc1cc(Br)ccc1F. The van der Waals surface area contributed by atoms with Crippen molar-refractivity contribution in [2.45, 2.75) is 11.4 Å². The number of anilines is 1. The summed E-state index contributed by atoms with van der Waals surface area (Å²) in [4.78, 5) is -0.0406. The summed E-state index contributed by atoms with van der Waals surface area (Å²) in [5.74, 6) is -0.482. The van der Waals surface area contributed by atoms with Crippen LogP contribution >= 0.6 is 31.9 Å². The van der Waals surface area contributed by atoms with Gasteiger partial charge in [-0.25, -0.2) is 17.5 Å². The van der Waals surface area contributed by atoms with Gasteiger partial charge in [0, 0.05) is 21.1 Å². The van der Waals surface area contributed by atoms with E-state index in [0.717, 1.165) is 0 Å². The van der Waals surface area contributed by atoms with Gasteiger partial charge in [0.25, 0.3) is 0 Å². The van der Waals surface area contributed by atoms with Gasteiger partial charge in [-0.3, -0.25) is 0 Å². The van der Waals surface area contributed by atoms with Gasteiger partial charge in [-0.15, -0.1) is 0 Å². The molecule has 0 fully saturated rings. The van der Waals surface area contributed by atoms with Crippen LogP contribution in [0.15, 0.2) is 50.2 Å². The fraction of sp³-hybridized carbons (Fsp3) is 0.0769. The Morgan fingerprint density at radius 3 is 2.38 bits per heavy atom. The lowest BCUT2D eigenvalue weighted by atomic mass is 10.2. The molecule has 0 saturated carbocycles. The van der Waals surface area contributed by atoms with Crippen LogP contribution in [0.2, 0.25) is 0 Å². The van der Waals surface area contributed by atoms with Crippen LogP contribution in [0, 0.1) is 5.82 Å². The van der Waals surface area contributed by atoms with Gasteiger partial charge in [-0.05, 0) is 36.4 Å². The van der Waals surface area contributed by atoms with Crippen molar-refractivity contribution in [3.05, 3.63) is 56.7 Å². The highest BCUT2D eigenvalue weighted by molar-refractivity contribution is 9.10. The second-order valence-electron chi connectivity index (χ2n) is 4.24. The van der Waals surface area contributed by atoms with Gasteiger partial charge < -0.3 is 5.73 Å². The average molecular weight is 438 g/mol. The first-order valence-corrected chi connectivity index (χ1v) is 8.85. The van der Waals surface area contributed by atoms with E-state index in [4.69, 9.17) is 5.73 Å². The van der Waals surface area contributed by atoms with Gasteiger partial charge in [-0.2, -0.15) is 0 Å². The van der Waals surface area contributed by atoms with Crippen molar-refractivity contribution in [3.63, 3.8) is 0 Å². The molecular formula is C13H11Br2FN2O2S. The summed E-state index contributed by atoms with van der Waals surface area (Å²) >= 11 is 6.42. The van der Waals surface area contributed by atoms with E-state index in [1.54, 1.807) is 12.1 Å². The van der Waals surface area contributed by atoms with Gasteiger partial charge >= 0.3 is 0 Å². The van der Waals surface area contributed by atoms with Crippen LogP contribution in [0.25, 0.3) is 0 Å². The van der Waals surface area contributed by atoms with E-state index in [-0.39, 0.29) is 22.7 Å². The topological polar surface area (TPSA) is 72.2 Å². The molecular weight excluding hydrogens is 427 g/mol. The average Bonchev–Trinajstić information content (AvgIpc) is 2.39. The first-order chi connectivity index (χ1) is 9.79. The maximum atomic E-state index is 13.6. The Bertz CT molecular complexity index is 782. The number of sulfonamides is 1. The lowest BCUT2D eigenvalue weighted by Gasteiger charge is -2.10. The second-order valence-corrected chi connectivity index (χ2v) is 7.81. The summed E-state index contributed by atoms with van der Waals surface area (Å²) in [6.45, 7) is -0.164. The van der Waals surface area contributed by atoms with E-state index in [1.165, 1.54) is 24.3 Å². The van der Waals surface area contributed by atoms with E-state index in [2.05, 4.69) is 36.6 Å². The minimum absolute atomic E-state index is 0.0406. The molecule has 8 heteroatoms. The Morgan fingerprint density at radius 2 is 1.71 bits per heavy atom. The Labute approximate surface area is 138 Å². The summed E-state index contributed by atoms with van der Waals surface area (Å²) < 4.78 is 41.7. The molecule has 0 amide bonds. The van der Waals surface area contributed by atoms with Crippen LogP contribution < -0.4 is 10.5 Å². The standard InChI is InChI=1S/C13H11Br2FN2O2S/c14-9-1-3-11(16)8(5-9)7-18-21(19,20)13-4-2-10(15)6-12(13)17/h1-6,18H,7,17H2. The number of hydrogen-bond donors (Lipinski definition) is 2. The number of halogens is 3. The molecule has 0 unspecified atom stereocenters. The van der Waals surface area contributed by atoms with Crippen molar-refractivity contribution in [1.29, 1.82) is 0 Å². The molecule has 0 aromatic heterocycles. The summed E-state index contributed by atoms with van der Waals surface area (Å²) in [7, 11) is -3.81. The summed E-state index contributed by atoms with van der Waals surface area (Å²) in [5.41, 5.74) is 6.06. The van der Waals surface area contributed by atoms with Crippen LogP contribution in [0.3, 0.4) is 0 Å². The van der Waals surface area contributed by atoms with Gasteiger partial charge in [0.05, 0.1) is 5.69 Å². The largest absolute Gasteiger partial charge is 0.398 e. The third-order valence-corrected chi connectivity index (χ3v) is 5.18. The molecule has 21 heavy (non-hydrogen) atoms. The lowest BCUT2D eigenvalue weighted by Crippen LogP contribution is -2.24. The fourth-order valence-corrected chi connectivity index (χ4v) is 3.60. The number of hydrogen-bond acceptors (Lipinski definition) is 3. The number of nitrogens with two attached hydrogens (primary N) is 1. The van der Waals surface area contributed by atoms with Crippen molar-refractivity contribution in [1.82, 2.24) is 4.72 Å². The third kappa shape index (κ3) is 4.03. The highest BCUT2D eigenvalue weighted by atomic mass is 79.9. The maximum absolute atomic E-state index is 13.6. The van der Waals surface area contributed by atoms with Gasteiger partial charge in [-0.1, -0.05) is 31.9 Å². The van der Waals surface area contributed by atoms with Crippen molar-refractivity contribution in [3.8, 4) is 0 Å². The molecule has 0 aliphatic rings. The van der Waals surface area contributed by atoms with Crippen LogP contribution in [-0.2, 0) is 16.6 Å².